The first-order valence-corrected chi connectivity index (χ1v) is 5.42. The van der Waals surface area contributed by atoms with E-state index in [0.717, 1.165) is 22.1 Å². The van der Waals surface area contributed by atoms with E-state index in [4.69, 9.17) is 9.84 Å². The number of benzene rings is 2. The highest BCUT2D eigenvalue weighted by Crippen LogP contribution is 2.25. The lowest BCUT2D eigenvalue weighted by molar-refractivity contribution is -0.138. The summed E-state index contributed by atoms with van der Waals surface area (Å²) in [7, 11) is 1.63. The SMILES string of the molecule is COc1ccc2cc([C@H](C)C(=O)O)ccc2c1.[SiH4]. The van der Waals surface area contributed by atoms with Crippen LogP contribution >= 0.6 is 0 Å². The molecular formula is C14H18O3Si. The van der Waals surface area contributed by atoms with Gasteiger partial charge in [-0.05, 0) is 46.4 Å². The lowest BCUT2D eigenvalue weighted by Crippen LogP contribution is -2.06. The Hall–Kier alpha value is -1.81. The summed E-state index contributed by atoms with van der Waals surface area (Å²) in [5.41, 5.74) is 0.815. The summed E-state index contributed by atoms with van der Waals surface area (Å²) in [4.78, 5) is 10.9. The highest BCUT2D eigenvalue weighted by atomic mass is 28.1. The zero-order valence-electron chi connectivity index (χ0n) is 9.81. The Morgan fingerprint density at radius 3 is 2.39 bits per heavy atom. The van der Waals surface area contributed by atoms with E-state index in [1.165, 1.54) is 0 Å². The van der Waals surface area contributed by atoms with E-state index in [1.54, 1.807) is 14.0 Å². The van der Waals surface area contributed by atoms with Gasteiger partial charge in [0.05, 0.1) is 13.0 Å². The summed E-state index contributed by atoms with van der Waals surface area (Å²) in [6, 6.07) is 11.4. The average molecular weight is 262 g/mol. The van der Waals surface area contributed by atoms with Gasteiger partial charge < -0.3 is 9.84 Å². The maximum Gasteiger partial charge on any atom is 0.310 e. The fourth-order valence-electron chi connectivity index (χ4n) is 1.78. The summed E-state index contributed by atoms with van der Waals surface area (Å²) in [6.45, 7) is 1.69. The van der Waals surface area contributed by atoms with Gasteiger partial charge in [-0.1, -0.05) is 24.3 Å². The smallest absolute Gasteiger partial charge is 0.310 e. The molecule has 2 rings (SSSR count). The number of aliphatic carboxylic acids is 1. The summed E-state index contributed by atoms with van der Waals surface area (Å²) >= 11 is 0. The van der Waals surface area contributed by atoms with Crippen molar-refractivity contribution >= 4 is 27.7 Å². The number of carboxylic acids is 1. The van der Waals surface area contributed by atoms with Crippen LogP contribution in [0, 0.1) is 0 Å². The van der Waals surface area contributed by atoms with Gasteiger partial charge in [-0.2, -0.15) is 0 Å². The van der Waals surface area contributed by atoms with Gasteiger partial charge in [0.2, 0.25) is 0 Å². The molecule has 0 unspecified atom stereocenters. The first kappa shape index (κ1) is 14.2. The maximum atomic E-state index is 10.9. The summed E-state index contributed by atoms with van der Waals surface area (Å²) in [6.07, 6.45) is 0. The third-order valence-corrected chi connectivity index (χ3v) is 2.94. The van der Waals surface area contributed by atoms with Crippen molar-refractivity contribution in [1.82, 2.24) is 0 Å². The number of fused-ring (bicyclic) bond motifs is 1. The topological polar surface area (TPSA) is 46.5 Å². The number of methoxy groups -OCH3 is 1. The second-order valence-electron chi connectivity index (χ2n) is 4.03. The highest BCUT2D eigenvalue weighted by Gasteiger charge is 2.13. The minimum atomic E-state index is -0.808. The summed E-state index contributed by atoms with van der Waals surface area (Å²) < 4.78 is 5.14. The highest BCUT2D eigenvalue weighted by molar-refractivity contribution is 5.86. The van der Waals surface area contributed by atoms with E-state index in [2.05, 4.69) is 0 Å². The lowest BCUT2D eigenvalue weighted by Gasteiger charge is -2.08. The largest absolute Gasteiger partial charge is 0.497 e. The minimum absolute atomic E-state index is 0. The molecule has 1 N–H and O–H groups in total. The van der Waals surface area contributed by atoms with E-state index in [-0.39, 0.29) is 11.0 Å². The number of hydrogen-bond acceptors (Lipinski definition) is 2. The Bertz CT molecular complexity index is 566. The van der Waals surface area contributed by atoms with E-state index in [9.17, 15) is 4.79 Å². The minimum Gasteiger partial charge on any atom is -0.497 e. The van der Waals surface area contributed by atoms with Crippen LogP contribution in [0.25, 0.3) is 10.8 Å². The second-order valence-corrected chi connectivity index (χ2v) is 4.03. The van der Waals surface area contributed by atoms with E-state index in [1.807, 2.05) is 36.4 Å². The van der Waals surface area contributed by atoms with Crippen molar-refractivity contribution in [3.05, 3.63) is 42.0 Å². The number of carbonyl (C=O) groups is 1. The molecule has 0 spiro atoms. The fourth-order valence-corrected chi connectivity index (χ4v) is 1.78. The van der Waals surface area contributed by atoms with Crippen LogP contribution in [-0.4, -0.2) is 29.2 Å². The Kier molecular flexibility index (Phi) is 4.50. The molecule has 2 aromatic rings. The molecule has 0 saturated carbocycles. The lowest BCUT2D eigenvalue weighted by atomic mass is 9.98. The normalized spacial score (nSPS) is 11.7. The number of rotatable bonds is 3. The van der Waals surface area contributed by atoms with Crippen molar-refractivity contribution in [1.29, 1.82) is 0 Å². The third-order valence-electron chi connectivity index (χ3n) is 2.94. The van der Waals surface area contributed by atoms with Crippen molar-refractivity contribution in [2.45, 2.75) is 12.8 Å². The van der Waals surface area contributed by atoms with Crippen LogP contribution in [0.1, 0.15) is 18.4 Å². The van der Waals surface area contributed by atoms with Gasteiger partial charge in [-0.25, -0.2) is 0 Å². The van der Waals surface area contributed by atoms with Crippen LogP contribution in [0.4, 0.5) is 0 Å². The average Bonchev–Trinajstić information content (AvgIpc) is 2.36. The van der Waals surface area contributed by atoms with Gasteiger partial charge in [-0.3, -0.25) is 4.79 Å². The Morgan fingerprint density at radius 2 is 1.78 bits per heavy atom. The van der Waals surface area contributed by atoms with E-state index < -0.39 is 11.9 Å². The van der Waals surface area contributed by atoms with E-state index in [0.29, 0.717) is 0 Å². The van der Waals surface area contributed by atoms with Crippen LogP contribution in [0.3, 0.4) is 0 Å². The summed E-state index contributed by atoms with van der Waals surface area (Å²) in [5.74, 6) is -0.490. The zero-order valence-corrected chi connectivity index (χ0v) is 9.81. The molecule has 0 saturated heterocycles. The molecule has 0 heterocycles. The van der Waals surface area contributed by atoms with Crippen molar-refractivity contribution in [3.63, 3.8) is 0 Å². The molecule has 0 fully saturated rings. The van der Waals surface area contributed by atoms with Gasteiger partial charge in [0, 0.05) is 0 Å². The maximum absolute atomic E-state index is 10.9. The van der Waals surface area contributed by atoms with Gasteiger partial charge in [-0.15, -0.1) is 0 Å². The predicted molar refractivity (Wildman–Crippen MR) is 77.9 cm³/mol. The quantitative estimate of drug-likeness (QED) is 0.854. The molecule has 3 nitrogen and oxygen atoms in total. The third kappa shape index (κ3) is 2.71. The molecule has 0 aliphatic rings. The fraction of sp³-hybridized carbons (Fsp3) is 0.214. The van der Waals surface area contributed by atoms with Crippen LogP contribution < -0.4 is 4.74 Å². The van der Waals surface area contributed by atoms with Crippen molar-refractivity contribution < 1.29 is 14.6 Å². The van der Waals surface area contributed by atoms with Crippen molar-refractivity contribution in [3.8, 4) is 5.75 Å². The zero-order chi connectivity index (χ0) is 12.4. The number of ether oxygens (including phenoxy) is 1. The van der Waals surface area contributed by atoms with Crippen LogP contribution in [-0.2, 0) is 4.79 Å². The Balaban J connectivity index is 0.00000162. The van der Waals surface area contributed by atoms with Crippen LogP contribution in [0.5, 0.6) is 5.75 Å². The Labute approximate surface area is 110 Å². The first-order chi connectivity index (χ1) is 8.11. The number of hydrogen-bond donors (Lipinski definition) is 1. The molecular weight excluding hydrogens is 244 g/mol. The molecule has 0 bridgehead atoms. The monoisotopic (exact) mass is 262 g/mol. The molecule has 0 amide bonds. The molecule has 4 heteroatoms. The molecule has 0 aromatic heterocycles. The van der Waals surface area contributed by atoms with Gasteiger partial charge in [0.25, 0.3) is 0 Å². The van der Waals surface area contributed by atoms with Crippen LogP contribution in [0.2, 0.25) is 0 Å². The second kappa shape index (κ2) is 5.69. The molecule has 2 aromatic carbocycles. The molecule has 0 radical (unpaired) electrons. The predicted octanol–water partition coefficient (Wildman–Crippen LogP) is 1.58. The van der Waals surface area contributed by atoms with Gasteiger partial charge >= 0.3 is 5.97 Å². The molecule has 18 heavy (non-hydrogen) atoms. The molecule has 0 aliphatic carbocycles. The standard InChI is InChI=1S/C14H14O3.H4Si/c1-9(14(15)16)10-3-4-12-8-13(17-2)6-5-11(12)7-10;/h3-9H,1-2H3,(H,15,16);1H4/t9-;/m0./s1. The van der Waals surface area contributed by atoms with Gasteiger partial charge in [0.15, 0.2) is 0 Å². The molecule has 96 valence electrons. The summed E-state index contributed by atoms with van der Waals surface area (Å²) in [5, 5.41) is 11.0. The van der Waals surface area contributed by atoms with Crippen LogP contribution in [0.15, 0.2) is 36.4 Å². The van der Waals surface area contributed by atoms with Crippen molar-refractivity contribution in [2.24, 2.45) is 0 Å². The van der Waals surface area contributed by atoms with E-state index >= 15 is 0 Å². The molecule has 1 atom stereocenters. The van der Waals surface area contributed by atoms with Crippen molar-refractivity contribution in [2.75, 3.05) is 7.11 Å². The van der Waals surface area contributed by atoms with Gasteiger partial charge in [0.1, 0.15) is 5.75 Å². The molecule has 0 aliphatic heterocycles. The Morgan fingerprint density at radius 1 is 1.17 bits per heavy atom. The number of carboxylic acid groups (broad SMARTS) is 1. The first-order valence-electron chi connectivity index (χ1n) is 5.42.